The van der Waals surface area contributed by atoms with Gasteiger partial charge < -0.3 is 15.0 Å². The Bertz CT molecular complexity index is 835. The van der Waals surface area contributed by atoms with Crippen LogP contribution < -0.4 is 15.0 Å². The molecule has 0 atom stereocenters. The van der Waals surface area contributed by atoms with Crippen LogP contribution in [-0.2, 0) is 11.2 Å². The Morgan fingerprint density at radius 3 is 2.80 bits per heavy atom. The standard InChI is InChI=1S/C19H19ClN2O3/c1-3-25-18-15(20)5-4-6-16(18)21-19(24)14-7-8-17-13(11-14)9-10-22(17)12(2)23/h4-8,11H,3,9-10H2,1-2H3,(H,21,24). The van der Waals surface area contributed by atoms with Crippen LogP contribution in [0.25, 0.3) is 0 Å². The number of halogens is 1. The molecule has 2 aromatic rings. The fourth-order valence-corrected chi connectivity index (χ4v) is 3.19. The second-order valence-electron chi connectivity index (χ2n) is 5.77. The number of nitrogens with zero attached hydrogens (tertiary/aromatic N) is 1. The first-order valence-electron chi connectivity index (χ1n) is 8.15. The van der Waals surface area contributed by atoms with Crippen molar-refractivity contribution in [3.05, 3.63) is 52.5 Å². The third kappa shape index (κ3) is 3.46. The number of anilines is 2. The topological polar surface area (TPSA) is 58.6 Å². The van der Waals surface area contributed by atoms with Crippen molar-refractivity contribution in [2.24, 2.45) is 0 Å². The number of ether oxygens (including phenoxy) is 1. The maximum atomic E-state index is 12.6. The molecule has 1 aliphatic heterocycles. The molecule has 3 rings (SSSR count). The van der Waals surface area contributed by atoms with Crippen LogP contribution >= 0.6 is 11.6 Å². The molecular formula is C19H19ClN2O3. The molecule has 1 N–H and O–H groups in total. The number of carbonyl (C=O) groups is 2. The van der Waals surface area contributed by atoms with Gasteiger partial charge in [-0.1, -0.05) is 17.7 Å². The molecule has 0 radical (unpaired) electrons. The average molecular weight is 359 g/mol. The number of rotatable bonds is 4. The number of nitrogens with one attached hydrogen (secondary N) is 1. The molecule has 2 amide bonds. The zero-order valence-electron chi connectivity index (χ0n) is 14.1. The molecule has 1 aliphatic rings. The predicted octanol–water partition coefficient (Wildman–Crippen LogP) is 3.90. The van der Waals surface area contributed by atoms with Gasteiger partial charge in [-0.3, -0.25) is 9.59 Å². The molecule has 0 aromatic heterocycles. The highest BCUT2D eigenvalue weighted by atomic mass is 35.5. The summed E-state index contributed by atoms with van der Waals surface area (Å²) in [6, 6.07) is 10.6. The van der Waals surface area contributed by atoms with Crippen LogP contribution in [0.4, 0.5) is 11.4 Å². The summed E-state index contributed by atoms with van der Waals surface area (Å²) in [5.74, 6) is 0.229. The first-order valence-corrected chi connectivity index (χ1v) is 8.52. The summed E-state index contributed by atoms with van der Waals surface area (Å²) in [7, 11) is 0. The van der Waals surface area contributed by atoms with Gasteiger partial charge in [0.15, 0.2) is 5.75 Å². The van der Waals surface area contributed by atoms with E-state index in [1.54, 1.807) is 36.1 Å². The van der Waals surface area contributed by atoms with Gasteiger partial charge in [-0.05, 0) is 49.2 Å². The van der Waals surface area contributed by atoms with Crippen molar-refractivity contribution in [3.63, 3.8) is 0 Å². The van der Waals surface area contributed by atoms with Crippen LogP contribution in [-0.4, -0.2) is 25.0 Å². The van der Waals surface area contributed by atoms with E-state index in [9.17, 15) is 9.59 Å². The molecule has 5 nitrogen and oxygen atoms in total. The summed E-state index contributed by atoms with van der Waals surface area (Å²) in [4.78, 5) is 26.0. The van der Waals surface area contributed by atoms with Gasteiger partial charge in [0.2, 0.25) is 5.91 Å². The third-order valence-corrected chi connectivity index (χ3v) is 4.42. The lowest BCUT2D eigenvalue weighted by Gasteiger charge is -2.15. The van der Waals surface area contributed by atoms with Crippen molar-refractivity contribution in [1.29, 1.82) is 0 Å². The SMILES string of the molecule is CCOc1c(Cl)cccc1NC(=O)c1ccc2c(c1)CCN2C(C)=O. The Kier molecular flexibility index (Phi) is 4.95. The van der Waals surface area contributed by atoms with Crippen LogP contribution in [0.2, 0.25) is 5.02 Å². The van der Waals surface area contributed by atoms with Gasteiger partial charge in [0.1, 0.15) is 0 Å². The van der Waals surface area contributed by atoms with Gasteiger partial charge in [0.05, 0.1) is 17.3 Å². The number of hydrogen-bond acceptors (Lipinski definition) is 3. The number of hydrogen-bond donors (Lipinski definition) is 1. The highest BCUT2D eigenvalue weighted by Gasteiger charge is 2.23. The molecule has 0 bridgehead atoms. The molecular weight excluding hydrogens is 340 g/mol. The lowest BCUT2D eigenvalue weighted by atomic mass is 10.1. The number of benzene rings is 2. The minimum Gasteiger partial charge on any atom is -0.490 e. The molecule has 2 aromatic carbocycles. The van der Waals surface area contributed by atoms with Gasteiger partial charge >= 0.3 is 0 Å². The summed E-state index contributed by atoms with van der Waals surface area (Å²) in [6.07, 6.45) is 0.747. The lowest BCUT2D eigenvalue weighted by Crippen LogP contribution is -2.25. The van der Waals surface area contributed by atoms with Crippen molar-refractivity contribution in [2.45, 2.75) is 20.3 Å². The maximum Gasteiger partial charge on any atom is 0.255 e. The van der Waals surface area contributed by atoms with Gasteiger partial charge in [-0.15, -0.1) is 0 Å². The Balaban J connectivity index is 1.84. The molecule has 0 unspecified atom stereocenters. The Morgan fingerprint density at radius 1 is 1.28 bits per heavy atom. The van der Waals surface area contributed by atoms with Crippen molar-refractivity contribution in [2.75, 3.05) is 23.4 Å². The number of carbonyl (C=O) groups excluding carboxylic acids is 2. The molecule has 0 saturated carbocycles. The van der Waals surface area contributed by atoms with E-state index in [-0.39, 0.29) is 11.8 Å². The lowest BCUT2D eigenvalue weighted by molar-refractivity contribution is -0.116. The van der Waals surface area contributed by atoms with Crippen LogP contribution in [0.3, 0.4) is 0 Å². The van der Waals surface area contributed by atoms with Gasteiger partial charge in [0.25, 0.3) is 5.91 Å². The fourth-order valence-electron chi connectivity index (χ4n) is 2.96. The van der Waals surface area contributed by atoms with Gasteiger partial charge in [-0.2, -0.15) is 0 Å². The molecule has 25 heavy (non-hydrogen) atoms. The van der Waals surface area contributed by atoms with Crippen LogP contribution in [0.15, 0.2) is 36.4 Å². The summed E-state index contributed by atoms with van der Waals surface area (Å²) in [5.41, 5.74) is 2.94. The van der Waals surface area contributed by atoms with Crippen LogP contribution in [0, 0.1) is 0 Å². The van der Waals surface area contributed by atoms with E-state index in [0.29, 0.717) is 35.2 Å². The highest BCUT2D eigenvalue weighted by Crippen LogP contribution is 2.34. The summed E-state index contributed by atoms with van der Waals surface area (Å²) >= 11 is 6.15. The van der Waals surface area contributed by atoms with Crippen molar-refractivity contribution in [1.82, 2.24) is 0 Å². The first-order chi connectivity index (χ1) is 12.0. The molecule has 6 heteroatoms. The van der Waals surface area contributed by atoms with Gasteiger partial charge in [0, 0.05) is 24.7 Å². The van der Waals surface area contributed by atoms with Crippen molar-refractivity contribution < 1.29 is 14.3 Å². The Hall–Kier alpha value is -2.53. The quantitative estimate of drug-likeness (QED) is 0.901. The zero-order chi connectivity index (χ0) is 18.0. The highest BCUT2D eigenvalue weighted by molar-refractivity contribution is 6.32. The smallest absolute Gasteiger partial charge is 0.255 e. The molecule has 0 saturated heterocycles. The van der Waals surface area contributed by atoms with Crippen LogP contribution in [0.1, 0.15) is 29.8 Å². The van der Waals surface area contributed by atoms with E-state index >= 15 is 0 Å². The van der Waals surface area contributed by atoms with E-state index in [1.165, 1.54) is 0 Å². The second kappa shape index (κ2) is 7.15. The monoisotopic (exact) mass is 358 g/mol. The summed E-state index contributed by atoms with van der Waals surface area (Å²) < 4.78 is 5.53. The predicted molar refractivity (Wildman–Crippen MR) is 98.7 cm³/mol. The number of fused-ring (bicyclic) bond motifs is 1. The summed E-state index contributed by atoms with van der Waals surface area (Å²) in [5, 5.41) is 3.30. The third-order valence-electron chi connectivity index (χ3n) is 4.12. The van der Waals surface area contributed by atoms with E-state index in [4.69, 9.17) is 16.3 Å². The molecule has 0 aliphatic carbocycles. The largest absolute Gasteiger partial charge is 0.490 e. The fraction of sp³-hybridized carbons (Fsp3) is 0.263. The van der Waals surface area contributed by atoms with Crippen molar-refractivity contribution >= 4 is 34.8 Å². The molecule has 0 spiro atoms. The van der Waals surface area contributed by atoms with E-state index in [2.05, 4.69) is 5.32 Å². The Labute approximate surface area is 151 Å². The molecule has 0 fully saturated rings. The summed E-state index contributed by atoms with van der Waals surface area (Å²) in [6.45, 7) is 4.51. The van der Waals surface area contributed by atoms with Crippen molar-refractivity contribution in [3.8, 4) is 5.75 Å². The first kappa shape index (κ1) is 17.3. The van der Waals surface area contributed by atoms with E-state index in [1.807, 2.05) is 19.1 Å². The Morgan fingerprint density at radius 2 is 2.08 bits per heavy atom. The number of para-hydroxylation sites is 1. The minimum absolute atomic E-state index is 0.0104. The maximum absolute atomic E-state index is 12.6. The molecule has 1 heterocycles. The molecule has 130 valence electrons. The number of amides is 2. The normalized spacial score (nSPS) is 12.7. The van der Waals surface area contributed by atoms with E-state index in [0.717, 1.165) is 17.7 Å². The zero-order valence-corrected chi connectivity index (χ0v) is 14.9. The second-order valence-corrected chi connectivity index (χ2v) is 6.18. The van der Waals surface area contributed by atoms with Crippen LogP contribution in [0.5, 0.6) is 5.75 Å². The van der Waals surface area contributed by atoms with Gasteiger partial charge in [-0.25, -0.2) is 0 Å². The van der Waals surface area contributed by atoms with E-state index < -0.39 is 0 Å². The minimum atomic E-state index is -0.243. The average Bonchev–Trinajstić information content (AvgIpc) is 3.01.